The lowest BCUT2D eigenvalue weighted by molar-refractivity contribution is 0.454. The van der Waals surface area contributed by atoms with E-state index in [1.165, 1.54) is 17.5 Å². The first-order chi connectivity index (χ1) is 8.68. The second-order valence-electron chi connectivity index (χ2n) is 5.49. The Kier molecular flexibility index (Phi) is 2.53. The normalized spacial score (nSPS) is 19.8. The molecule has 3 heteroatoms. The number of hydrogen-bond acceptors (Lipinski definition) is 3. The monoisotopic (exact) mass is 243 g/mol. The van der Waals surface area contributed by atoms with Crippen LogP contribution in [0.5, 0.6) is 5.75 Å². The first-order valence-corrected chi connectivity index (χ1v) is 6.62. The highest BCUT2D eigenvalue weighted by Gasteiger charge is 2.48. The Morgan fingerprint density at radius 3 is 2.56 bits per heavy atom. The van der Waals surface area contributed by atoms with E-state index < -0.39 is 5.54 Å². The lowest BCUT2D eigenvalue weighted by Gasteiger charge is -2.25. The van der Waals surface area contributed by atoms with Crippen molar-refractivity contribution in [3.8, 4) is 5.75 Å². The summed E-state index contributed by atoms with van der Waals surface area (Å²) in [4.78, 5) is 14.6. The quantitative estimate of drug-likeness (QED) is 0.641. The van der Waals surface area contributed by atoms with Gasteiger partial charge in [0, 0.05) is 5.56 Å². The zero-order valence-electron chi connectivity index (χ0n) is 10.6. The fraction of sp³-hybridized carbons (Fsp3) is 0.533. The van der Waals surface area contributed by atoms with Crippen LogP contribution >= 0.6 is 0 Å². The summed E-state index contributed by atoms with van der Waals surface area (Å²) in [5, 5.41) is 10.3. The molecule has 0 amide bonds. The maximum atomic E-state index is 10.6. The molecule has 94 valence electrons. The van der Waals surface area contributed by atoms with E-state index in [9.17, 15) is 9.90 Å². The average molecular weight is 243 g/mol. The lowest BCUT2D eigenvalue weighted by atomic mass is 9.82. The number of aromatic hydroxyl groups is 1. The Balaban J connectivity index is 2.23. The van der Waals surface area contributed by atoms with Crippen LogP contribution in [0.4, 0.5) is 0 Å². The number of aliphatic imine (C=N–C) groups is 1. The highest BCUT2D eigenvalue weighted by molar-refractivity contribution is 5.56. The van der Waals surface area contributed by atoms with E-state index in [0.29, 0.717) is 5.75 Å². The van der Waals surface area contributed by atoms with Gasteiger partial charge in [-0.05, 0) is 68.2 Å². The number of isocyanates is 1. The molecule has 1 fully saturated rings. The van der Waals surface area contributed by atoms with Crippen LogP contribution in [-0.2, 0) is 23.2 Å². The van der Waals surface area contributed by atoms with Gasteiger partial charge >= 0.3 is 0 Å². The van der Waals surface area contributed by atoms with Crippen LogP contribution in [0.2, 0.25) is 0 Å². The fourth-order valence-electron chi connectivity index (χ4n) is 3.28. The number of carbonyl (C=O) groups excluding carboxylic acids is 1. The topological polar surface area (TPSA) is 49.7 Å². The average Bonchev–Trinajstić information content (AvgIpc) is 3.10. The van der Waals surface area contributed by atoms with Crippen LogP contribution in [0.25, 0.3) is 0 Å². The van der Waals surface area contributed by atoms with Crippen LogP contribution in [0.1, 0.15) is 47.9 Å². The molecule has 0 atom stereocenters. The molecule has 1 aromatic rings. The Morgan fingerprint density at radius 2 is 1.94 bits per heavy atom. The van der Waals surface area contributed by atoms with Crippen molar-refractivity contribution in [3.63, 3.8) is 0 Å². The van der Waals surface area contributed by atoms with Crippen molar-refractivity contribution in [2.24, 2.45) is 4.99 Å². The summed E-state index contributed by atoms with van der Waals surface area (Å²) < 4.78 is 0. The van der Waals surface area contributed by atoms with Gasteiger partial charge in [0.1, 0.15) is 11.3 Å². The molecule has 0 unspecified atom stereocenters. The number of fused-ring (bicyclic) bond motifs is 1. The molecule has 18 heavy (non-hydrogen) atoms. The number of rotatable bonds is 2. The van der Waals surface area contributed by atoms with Gasteiger partial charge in [0.05, 0.1) is 0 Å². The van der Waals surface area contributed by atoms with Gasteiger partial charge < -0.3 is 5.11 Å². The highest BCUT2D eigenvalue weighted by Crippen LogP contribution is 2.54. The van der Waals surface area contributed by atoms with E-state index in [0.717, 1.165) is 43.2 Å². The lowest BCUT2D eigenvalue weighted by Crippen LogP contribution is -2.14. The molecule has 0 aromatic heterocycles. The van der Waals surface area contributed by atoms with E-state index in [1.54, 1.807) is 6.08 Å². The minimum absolute atomic E-state index is 0.310. The third-order valence-electron chi connectivity index (χ3n) is 4.30. The van der Waals surface area contributed by atoms with Crippen molar-refractivity contribution >= 4 is 6.08 Å². The van der Waals surface area contributed by atoms with Crippen molar-refractivity contribution in [1.82, 2.24) is 0 Å². The Hall–Kier alpha value is -1.60. The van der Waals surface area contributed by atoms with Crippen LogP contribution in [0, 0.1) is 6.92 Å². The highest BCUT2D eigenvalue weighted by atomic mass is 16.3. The van der Waals surface area contributed by atoms with Gasteiger partial charge in [0.2, 0.25) is 6.08 Å². The Bertz CT molecular complexity index is 552. The first-order valence-electron chi connectivity index (χ1n) is 6.62. The number of aryl methyl sites for hydroxylation is 1. The van der Waals surface area contributed by atoms with Crippen molar-refractivity contribution in [1.29, 1.82) is 0 Å². The molecule has 2 aliphatic carbocycles. The molecule has 0 radical (unpaired) electrons. The second-order valence-corrected chi connectivity index (χ2v) is 5.49. The zero-order chi connectivity index (χ0) is 12.8. The predicted molar refractivity (Wildman–Crippen MR) is 68.5 cm³/mol. The first kappa shape index (κ1) is 11.5. The number of benzene rings is 1. The van der Waals surface area contributed by atoms with Crippen molar-refractivity contribution in [2.45, 2.75) is 51.0 Å². The molecular weight excluding hydrogens is 226 g/mol. The fourth-order valence-corrected chi connectivity index (χ4v) is 3.28. The molecule has 1 saturated carbocycles. The van der Waals surface area contributed by atoms with Gasteiger partial charge in [-0.25, -0.2) is 4.79 Å². The Morgan fingerprint density at radius 1 is 1.28 bits per heavy atom. The molecule has 3 nitrogen and oxygen atoms in total. The minimum atomic E-state index is -0.457. The van der Waals surface area contributed by atoms with Gasteiger partial charge in [0.15, 0.2) is 0 Å². The molecular formula is C15H17NO2. The van der Waals surface area contributed by atoms with Gasteiger partial charge in [-0.1, -0.05) is 0 Å². The molecule has 3 rings (SSSR count). The molecule has 2 aliphatic rings. The summed E-state index contributed by atoms with van der Waals surface area (Å²) in [7, 11) is 0. The maximum absolute atomic E-state index is 10.6. The van der Waals surface area contributed by atoms with E-state index in [-0.39, 0.29) is 0 Å². The van der Waals surface area contributed by atoms with E-state index in [2.05, 4.69) is 11.9 Å². The van der Waals surface area contributed by atoms with Crippen LogP contribution in [-0.4, -0.2) is 11.2 Å². The van der Waals surface area contributed by atoms with Gasteiger partial charge in [-0.3, -0.25) is 0 Å². The standard InChI is InChI=1S/C15H17NO2/c1-10-8-13(18)14(15(6-7-15)16-9-17)12-5-3-2-4-11(10)12/h8,18H,2-7H2,1H3. The smallest absolute Gasteiger partial charge is 0.235 e. The maximum Gasteiger partial charge on any atom is 0.235 e. The molecule has 0 spiro atoms. The number of phenols is 1. The molecule has 1 aromatic carbocycles. The Labute approximate surface area is 107 Å². The largest absolute Gasteiger partial charge is 0.508 e. The summed E-state index contributed by atoms with van der Waals surface area (Å²) >= 11 is 0. The molecule has 0 bridgehead atoms. The molecule has 0 saturated heterocycles. The van der Waals surface area contributed by atoms with Crippen molar-refractivity contribution < 1.29 is 9.90 Å². The number of hydrogen-bond donors (Lipinski definition) is 1. The summed E-state index contributed by atoms with van der Waals surface area (Å²) in [5.74, 6) is 0.310. The van der Waals surface area contributed by atoms with Crippen molar-refractivity contribution in [3.05, 3.63) is 28.3 Å². The van der Waals surface area contributed by atoms with E-state index in [4.69, 9.17) is 0 Å². The van der Waals surface area contributed by atoms with Gasteiger partial charge in [-0.2, -0.15) is 4.99 Å². The van der Waals surface area contributed by atoms with E-state index in [1.807, 2.05) is 6.07 Å². The summed E-state index contributed by atoms with van der Waals surface area (Å²) in [6.07, 6.45) is 7.83. The second kappa shape index (κ2) is 3.96. The van der Waals surface area contributed by atoms with Crippen molar-refractivity contribution in [2.75, 3.05) is 0 Å². The summed E-state index contributed by atoms with van der Waals surface area (Å²) in [6, 6.07) is 1.83. The molecule has 0 aliphatic heterocycles. The minimum Gasteiger partial charge on any atom is -0.508 e. The third kappa shape index (κ3) is 1.58. The SMILES string of the molecule is Cc1cc(O)c(C2(N=C=O)CC2)c2c1CCCC2. The van der Waals surface area contributed by atoms with Crippen LogP contribution in [0.3, 0.4) is 0 Å². The zero-order valence-corrected chi connectivity index (χ0v) is 10.6. The predicted octanol–water partition coefficient (Wildman–Crippen LogP) is 2.90. The van der Waals surface area contributed by atoms with Crippen LogP contribution < -0.4 is 0 Å². The number of nitrogens with zero attached hydrogens (tertiary/aromatic N) is 1. The molecule has 1 N–H and O–H groups in total. The van der Waals surface area contributed by atoms with E-state index >= 15 is 0 Å². The summed E-state index contributed by atoms with van der Waals surface area (Å²) in [6.45, 7) is 2.05. The third-order valence-corrected chi connectivity index (χ3v) is 4.30. The number of phenolic OH excluding ortho intramolecular Hbond substituents is 1. The summed E-state index contributed by atoms with van der Waals surface area (Å²) in [5.41, 5.74) is 4.22. The molecule has 0 heterocycles. The van der Waals surface area contributed by atoms with Gasteiger partial charge in [-0.15, -0.1) is 0 Å². The van der Waals surface area contributed by atoms with Crippen LogP contribution in [0.15, 0.2) is 11.1 Å². The van der Waals surface area contributed by atoms with Gasteiger partial charge in [0.25, 0.3) is 0 Å².